The summed E-state index contributed by atoms with van der Waals surface area (Å²) in [6, 6.07) is 54.8. The zero-order chi connectivity index (χ0) is 31.6. The SMILES string of the molecule is C1CCCC1.CN(C)[C@H](c1ccccc1P(c1ccccc1)c1ccccc1)C1CCCC1P(c1ccccc1)c1ccccc1.[CH3-].[CH3-].[Fe+2]. The zero-order valence-corrected chi connectivity index (χ0v) is 32.8. The van der Waals surface area contributed by atoms with Gasteiger partial charge in [-0.25, -0.2) is 0 Å². The summed E-state index contributed by atoms with van der Waals surface area (Å²) < 4.78 is 0. The molecule has 2 aliphatic carbocycles. The van der Waals surface area contributed by atoms with Crippen LogP contribution in [0.4, 0.5) is 0 Å². The van der Waals surface area contributed by atoms with Gasteiger partial charge in [-0.2, -0.15) is 0 Å². The van der Waals surface area contributed by atoms with Gasteiger partial charge in [0.15, 0.2) is 0 Å². The Morgan fingerprint density at radius 3 is 1.31 bits per heavy atom. The van der Waals surface area contributed by atoms with Crippen LogP contribution < -0.4 is 26.5 Å². The van der Waals surface area contributed by atoms with Crippen molar-refractivity contribution in [1.82, 2.24) is 4.90 Å². The minimum absolute atomic E-state index is 0. The molecule has 0 spiro atoms. The van der Waals surface area contributed by atoms with Crippen LogP contribution in [-0.4, -0.2) is 24.7 Å². The monoisotopic (exact) mass is 727 g/mol. The van der Waals surface area contributed by atoms with Crippen LogP contribution in [-0.2, 0) is 17.1 Å². The molecule has 2 saturated carbocycles. The molecule has 7 rings (SSSR count). The first kappa shape index (κ1) is 40.9. The average molecular weight is 728 g/mol. The van der Waals surface area contributed by atoms with E-state index in [1.165, 1.54) is 83.5 Å². The fourth-order valence-corrected chi connectivity index (χ4v) is 13.3. The van der Waals surface area contributed by atoms with Crippen molar-refractivity contribution in [3.63, 3.8) is 0 Å². The largest absolute Gasteiger partial charge is 2.00 e. The normalized spacial score (nSPS) is 17.3. The van der Waals surface area contributed by atoms with Crippen molar-refractivity contribution in [3.05, 3.63) is 166 Å². The Balaban J connectivity index is 0.000000748. The number of benzene rings is 5. The summed E-state index contributed by atoms with van der Waals surface area (Å²) >= 11 is 0. The van der Waals surface area contributed by atoms with Crippen LogP contribution in [0.15, 0.2) is 146 Å². The van der Waals surface area contributed by atoms with Gasteiger partial charge in [-0.1, -0.05) is 184 Å². The van der Waals surface area contributed by atoms with Crippen molar-refractivity contribution in [2.45, 2.75) is 63.1 Å². The second kappa shape index (κ2) is 21.0. The van der Waals surface area contributed by atoms with Gasteiger partial charge in [0.1, 0.15) is 0 Å². The molecule has 2 fully saturated rings. The van der Waals surface area contributed by atoms with E-state index in [4.69, 9.17) is 0 Å². The smallest absolute Gasteiger partial charge is 0.358 e. The Morgan fingerprint density at radius 2 is 0.878 bits per heavy atom. The van der Waals surface area contributed by atoms with Crippen molar-refractivity contribution in [1.29, 1.82) is 0 Å². The maximum Gasteiger partial charge on any atom is 2.00 e. The van der Waals surface area contributed by atoms with E-state index in [-0.39, 0.29) is 31.9 Å². The van der Waals surface area contributed by atoms with E-state index in [0.29, 0.717) is 17.6 Å². The van der Waals surface area contributed by atoms with Gasteiger partial charge < -0.3 is 19.8 Å². The Morgan fingerprint density at radius 1 is 0.490 bits per heavy atom. The van der Waals surface area contributed by atoms with Gasteiger partial charge in [0.2, 0.25) is 0 Å². The van der Waals surface area contributed by atoms with Crippen LogP contribution in [0.25, 0.3) is 0 Å². The van der Waals surface area contributed by atoms with Gasteiger partial charge in [-0.05, 0) is 86.4 Å². The van der Waals surface area contributed by atoms with E-state index in [0.717, 1.165) is 0 Å². The van der Waals surface area contributed by atoms with Crippen molar-refractivity contribution in [2.24, 2.45) is 5.92 Å². The molecule has 4 heteroatoms. The van der Waals surface area contributed by atoms with Gasteiger partial charge in [-0.15, -0.1) is 0 Å². The molecule has 3 atom stereocenters. The average Bonchev–Trinajstić information content (AvgIpc) is 3.85. The summed E-state index contributed by atoms with van der Waals surface area (Å²) in [6.07, 6.45) is 11.4. The summed E-state index contributed by atoms with van der Waals surface area (Å²) in [7, 11) is 3.46. The third-order valence-electron chi connectivity index (χ3n) is 9.67. The molecule has 2 unspecified atom stereocenters. The van der Waals surface area contributed by atoms with Crippen molar-refractivity contribution >= 4 is 42.4 Å². The molecule has 0 N–H and O–H groups in total. The predicted molar refractivity (Wildman–Crippen MR) is 218 cm³/mol. The first-order valence-electron chi connectivity index (χ1n) is 17.3. The molecule has 0 aliphatic heterocycles. The van der Waals surface area contributed by atoms with Gasteiger partial charge in [0.25, 0.3) is 0 Å². The number of hydrogen-bond donors (Lipinski definition) is 0. The second-order valence-corrected chi connectivity index (χ2v) is 17.6. The molecule has 0 amide bonds. The van der Waals surface area contributed by atoms with E-state index in [1.54, 1.807) is 0 Å². The molecule has 258 valence electrons. The molecule has 0 radical (unpaired) electrons. The number of nitrogens with zero attached hydrogens (tertiary/aromatic N) is 1. The summed E-state index contributed by atoms with van der Waals surface area (Å²) in [4.78, 5) is 2.52. The molecule has 0 aromatic heterocycles. The minimum Gasteiger partial charge on any atom is -0.358 e. The molecule has 5 aromatic carbocycles. The molecular formula is C45H55FeNP2. The molecule has 5 aromatic rings. The van der Waals surface area contributed by atoms with E-state index in [2.05, 4.69) is 165 Å². The Hall–Kier alpha value is -2.56. The van der Waals surface area contributed by atoms with Crippen LogP contribution in [0.1, 0.15) is 63.0 Å². The van der Waals surface area contributed by atoms with Crippen molar-refractivity contribution < 1.29 is 17.1 Å². The third-order valence-corrected chi connectivity index (χ3v) is 15.2. The second-order valence-electron chi connectivity index (χ2n) is 12.9. The Bertz CT molecular complexity index is 1510. The number of hydrogen-bond acceptors (Lipinski definition) is 1. The van der Waals surface area contributed by atoms with E-state index in [9.17, 15) is 0 Å². The zero-order valence-electron chi connectivity index (χ0n) is 29.9. The quantitative estimate of drug-likeness (QED) is 0.0831. The van der Waals surface area contributed by atoms with E-state index in [1.807, 2.05) is 0 Å². The topological polar surface area (TPSA) is 3.24 Å². The van der Waals surface area contributed by atoms with Crippen LogP contribution in [0.5, 0.6) is 0 Å². The minimum atomic E-state index is -0.677. The third kappa shape index (κ3) is 10.3. The van der Waals surface area contributed by atoms with Gasteiger partial charge in [0, 0.05) is 6.04 Å². The fraction of sp³-hybridized carbons (Fsp3) is 0.289. The first-order valence-corrected chi connectivity index (χ1v) is 20.0. The van der Waals surface area contributed by atoms with Crippen LogP contribution in [0, 0.1) is 20.8 Å². The molecule has 0 bridgehead atoms. The number of rotatable bonds is 9. The Kier molecular flexibility index (Phi) is 17.5. The molecule has 2 aliphatic rings. The summed E-state index contributed by atoms with van der Waals surface area (Å²) in [5.74, 6) is 0.584. The summed E-state index contributed by atoms with van der Waals surface area (Å²) in [5.41, 5.74) is 2.14. The molecule has 49 heavy (non-hydrogen) atoms. The molecule has 1 nitrogen and oxygen atoms in total. The van der Waals surface area contributed by atoms with E-state index < -0.39 is 15.8 Å². The van der Waals surface area contributed by atoms with Crippen LogP contribution in [0.2, 0.25) is 0 Å². The molecule has 0 heterocycles. The van der Waals surface area contributed by atoms with Gasteiger partial charge in [0.05, 0.1) is 0 Å². The van der Waals surface area contributed by atoms with Crippen molar-refractivity contribution in [3.8, 4) is 0 Å². The van der Waals surface area contributed by atoms with Crippen molar-refractivity contribution in [2.75, 3.05) is 14.1 Å². The Labute approximate surface area is 311 Å². The molecular weight excluding hydrogens is 672 g/mol. The van der Waals surface area contributed by atoms with E-state index >= 15 is 0 Å². The van der Waals surface area contributed by atoms with Crippen LogP contribution >= 0.6 is 15.8 Å². The van der Waals surface area contributed by atoms with Gasteiger partial charge >= 0.3 is 17.1 Å². The maximum absolute atomic E-state index is 2.52. The first-order chi connectivity index (χ1) is 22.7. The predicted octanol–water partition coefficient (Wildman–Crippen LogP) is 10.2. The van der Waals surface area contributed by atoms with Crippen LogP contribution in [0.3, 0.4) is 0 Å². The fourth-order valence-electron chi connectivity index (χ4n) is 7.67. The summed E-state index contributed by atoms with van der Waals surface area (Å²) in [5, 5.41) is 7.34. The summed E-state index contributed by atoms with van der Waals surface area (Å²) in [6.45, 7) is 0. The molecule has 0 saturated heterocycles. The maximum atomic E-state index is 2.52. The standard InChI is InChI=1S/C38H39NP2.C5H10.2CH3.Fe/c1-39(2)38(35-27-17-29-37(35)41(32-22-11-5-12-23-32)33-24-13-6-14-25-33)34-26-15-16-28-36(34)40(30-18-7-3-8-19-30)31-20-9-4-10-21-31;1-2-4-5-3-1;;;/h3-16,18-26,28,35,37-38H,17,27,29H2,1-2H3;1-5H2;2*1H3;/q;;2*-1;+2/t35?,37?,38-;;;;/m1..../s1. The van der Waals surface area contributed by atoms with Gasteiger partial charge in [-0.3, -0.25) is 0 Å².